The molecule has 0 atom stereocenters. The summed E-state index contributed by atoms with van der Waals surface area (Å²) in [7, 11) is 1.60. The van der Waals surface area contributed by atoms with Gasteiger partial charge in [-0.1, -0.05) is 0 Å². The summed E-state index contributed by atoms with van der Waals surface area (Å²) in [6.45, 7) is 1.41. The summed E-state index contributed by atoms with van der Waals surface area (Å²) in [6, 6.07) is 7.40. The average Bonchev–Trinajstić information content (AvgIpc) is 2.46. The van der Waals surface area contributed by atoms with Gasteiger partial charge < -0.3 is 15.3 Å². The fraction of sp³-hybridized carbons (Fsp3) is 0.125. The van der Waals surface area contributed by atoms with E-state index < -0.39 is 28.9 Å². The predicted octanol–water partition coefficient (Wildman–Crippen LogP) is 2.91. The minimum Gasteiger partial charge on any atom is -0.507 e. The molecule has 7 heteroatoms. The third-order valence-electron chi connectivity index (χ3n) is 3.25. The Bertz CT molecular complexity index is 737. The van der Waals surface area contributed by atoms with Crippen LogP contribution in [0.1, 0.15) is 17.3 Å². The normalized spacial score (nSPS) is 10.3. The Labute approximate surface area is 131 Å². The molecule has 0 aliphatic heterocycles. The lowest BCUT2D eigenvalue weighted by Gasteiger charge is -2.15. The SMILES string of the molecule is CC(=O)N(C)c1ccc(NC(=O)c2c(O)cc(F)cc2F)cc1. The van der Waals surface area contributed by atoms with Crippen molar-refractivity contribution >= 4 is 23.2 Å². The number of anilines is 2. The molecule has 2 aromatic carbocycles. The minimum atomic E-state index is -1.16. The highest BCUT2D eigenvalue weighted by Gasteiger charge is 2.18. The van der Waals surface area contributed by atoms with Gasteiger partial charge in [-0.3, -0.25) is 9.59 Å². The molecule has 0 aliphatic carbocycles. The van der Waals surface area contributed by atoms with Crippen molar-refractivity contribution in [3.05, 3.63) is 53.6 Å². The summed E-state index contributed by atoms with van der Waals surface area (Å²) in [4.78, 5) is 24.7. The van der Waals surface area contributed by atoms with Gasteiger partial charge in [-0.25, -0.2) is 8.78 Å². The molecule has 23 heavy (non-hydrogen) atoms. The molecule has 2 aromatic rings. The standard InChI is InChI=1S/C16H14F2N2O3/c1-9(21)20(2)12-5-3-11(4-6-12)19-16(23)15-13(18)7-10(17)8-14(15)22/h3-8,22H,1-2H3,(H,19,23). The maximum Gasteiger partial charge on any atom is 0.262 e. The van der Waals surface area contributed by atoms with Crippen LogP contribution in [0.2, 0.25) is 0 Å². The molecule has 0 fully saturated rings. The first-order chi connectivity index (χ1) is 10.8. The Hall–Kier alpha value is -2.96. The first-order valence-corrected chi connectivity index (χ1v) is 6.63. The first-order valence-electron chi connectivity index (χ1n) is 6.63. The third kappa shape index (κ3) is 3.63. The predicted molar refractivity (Wildman–Crippen MR) is 81.5 cm³/mol. The number of halogens is 2. The van der Waals surface area contributed by atoms with E-state index in [9.17, 15) is 23.5 Å². The Morgan fingerprint density at radius 2 is 1.74 bits per heavy atom. The number of phenols is 1. The Morgan fingerprint density at radius 3 is 2.26 bits per heavy atom. The molecule has 0 unspecified atom stereocenters. The second-order valence-electron chi connectivity index (χ2n) is 4.86. The number of nitrogens with one attached hydrogen (secondary N) is 1. The van der Waals surface area contributed by atoms with E-state index >= 15 is 0 Å². The van der Waals surface area contributed by atoms with Gasteiger partial charge in [0.25, 0.3) is 5.91 Å². The smallest absolute Gasteiger partial charge is 0.262 e. The van der Waals surface area contributed by atoms with Crippen LogP contribution in [0, 0.1) is 11.6 Å². The van der Waals surface area contributed by atoms with Gasteiger partial charge in [0.1, 0.15) is 22.9 Å². The van der Waals surface area contributed by atoms with E-state index in [1.54, 1.807) is 19.2 Å². The van der Waals surface area contributed by atoms with Crippen LogP contribution in [0.4, 0.5) is 20.2 Å². The van der Waals surface area contributed by atoms with Gasteiger partial charge in [-0.15, -0.1) is 0 Å². The van der Waals surface area contributed by atoms with Crippen molar-refractivity contribution in [1.29, 1.82) is 0 Å². The van der Waals surface area contributed by atoms with Crippen molar-refractivity contribution in [2.45, 2.75) is 6.92 Å². The van der Waals surface area contributed by atoms with E-state index in [1.165, 1.54) is 24.0 Å². The van der Waals surface area contributed by atoms with E-state index in [4.69, 9.17) is 0 Å². The van der Waals surface area contributed by atoms with Crippen LogP contribution >= 0.6 is 0 Å². The Kier molecular flexibility index (Phi) is 4.59. The van der Waals surface area contributed by atoms with Crippen LogP contribution in [0.5, 0.6) is 5.75 Å². The number of carbonyl (C=O) groups excluding carboxylic acids is 2. The van der Waals surface area contributed by atoms with E-state index in [2.05, 4.69) is 5.32 Å². The van der Waals surface area contributed by atoms with Crippen LogP contribution in [0.25, 0.3) is 0 Å². The van der Waals surface area contributed by atoms with Gasteiger partial charge in [-0.05, 0) is 24.3 Å². The summed E-state index contributed by atoms with van der Waals surface area (Å²) < 4.78 is 26.5. The number of benzene rings is 2. The van der Waals surface area contributed by atoms with Crippen molar-refractivity contribution in [3.63, 3.8) is 0 Å². The van der Waals surface area contributed by atoms with Crippen LogP contribution in [0.3, 0.4) is 0 Å². The van der Waals surface area contributed by atoms with Crippen molar-refractivity contribution < 1.29 is 23.5 Å². The lowest BCUT2D eigenvalue weighted by molar-refractivity contribution is -0.116. The molecule has 2 N–H and O–H groups in total. The van der Waals surface area contributed by atoms with Gasteiger partial charge >= 0.3 is 0 Å². The lowest BCUT2D eigenvalue weighted by Crippen LogP contribution is -2.22. The van der Waals surface area contributed by atoms with Gasteiger partial charge in [0.05, 0.1) is 0 Å². The third-order valence-corrected chi connectivity index (χ3v) is 3.25. The van der Waals surface area contributed by atoms with E-state index in [0.29, 0.717) is 23.5 Å². The van der Waals surface area contributed by atoms with E-state index in [-0.39, 0.29) is 5.91 Å². The molecular weight excluding hydrogens is 306 g/mol. The summed E-state index contributed by atoms with van der Waals surface area (Å²) in [5.41, 5.74) is 0.307. The number of hydrogen-bond donors (Lipinski definition) is 2. The van der Waals surface area contributed by atoms with Crippen LogP contribution < -0.4 is 10.2 Å². The van der Waals surface area contributed by atoms with Gasteiger partial charge in [0, 0.05) is 37.5 Å². The van der Waals surface area contributed by atoms with Crippen molar-refractivity contribution in [1.82, 2.24) is 0 Å². The summed E-state index contributed by atoms with van der Waals surface area (Å²) in [5.74, 6) is -3.98. The van der Waals surface area contributed by atoms with Gasteiger partial charge in [0.15, 0.2) is 0 Å². The Morgan fingerprint density at radius 1 is 1.13 bits per heavy atom. The molecule has 2 rings (SSSR count). The van der Waals surface area contributed by atoms with Crippen molar-refractivity contribution in [2.24, 2.45) is 0 Å². The number of phenolic OH excluding ortho intramolecular Hbond substituents is 1. The summed E-state index contributed by atoms with van der Waals surface area (Å²) in [6.07, 6.45) is 0. The molecule has 5 nitrogen and oxygen atoms in total. The fourth-order valence-electron chi connectivity index (χ4n) is 1.93. The Balaban J connectivity index is 2.20. The largest absolute Gasteiger partial charge is 0.507 e. The van der Waals surface area contributed by atoms with E-state index in [0.717, 1.165) is 0 Å². The number of amides is 2. The number of hydrogen-bond acceptors (Lipinski definition) is 3. The quantitative estimate of drug-likeness (QED) is 0.913. The number of aromatic hydroxyl groups is 1. The zero-order valence-electron chi connectivity index (χ0n) is 12.4. The fourth-order valence-corrected chi connectivity index (χ4v) is 1.93. The highest BCUT2D eigenvalue weighted by molar-refractivity contribution is 6.06. The second kappa shape index (κ2) is 6.43. The molecule has 0 heterocycles. The molecule has 120 valence electrons. The van der Waals surface area contributed by atoms with Crippen molar-refractivity contribution in [3.8, 4) is 5.75 Å². The highest BCUT2D eigenvalue weighted by Crippen LogP contribution is 2.24. The summed E-state index contributed by atoms with van der Waals surface area (Å²) in [5, 5.41) is 11.9. The molecular formula is C16H14F2N2O3. The highest BCUT2D eigenvalue weighted by atomic mass is 19.1. The van der Waals surface area contributed by atoms with Crippen molar-refractivity contribution in [2.75, 3.05) is 17.3 Å². The van der Waals surface area contributed by atoms with Crippen LogP contribution in [0.15, 0.2) is 36.4 Å². The number of nitrogens with zero attached hydrogens (tertiary/aromatic N) is 1. The molecule has 0 saturated carbocycles. The monoisotopic (exact) mass is 320 g/mol. The van der Waals surface area contributed by atoms with Crippen LogP contribution in [-0.4, -0.2) is 24.0 Å². The topological polar surface area (TPSA) is 69.6 Å². The zero-order valence-corrected chi connectivity index (χ0v) is 12.4. The van der Waals surface area contributed by atoms with E-state index in [1.807, 2.05) is 0 Å². The maximum absolute atomic E-state index is 13.6. The molecule has 0 radical (unpaired) electrons. The van der Waals surface area contributed by atoms with Crippen LogP contribution in [-0.2, 0) is 4.79 Å². The molecule has 0 saturated heterocycles. The first kappa shape index (κ1) is 16.4. The zero-order chi connectivity index (χ0) is 17.1. The van der Waals surface area contributed by atoms with Gasteiger partial charge in [-0.2, -0.15) is 0 Å². The molecule has 0 spiro atoms. The number of rotatable bonds is 3. The molecule has 0 aromatic heterocycles. The number of carbonyl (C=O) groups is 2. The summed E-state index contributed by atoms with van der Waals surface area (Å²) >= 11 is 0. The van der Waals surface area contributed by atoms with Gasteiger partial charge in [0.2, 0.25) is 5.91 Å². The molecule has 2 amide bonds. The minimum absolute atomic E-state index is 0.153. The average molecular weight is 320 g/mol. The lowest BCUT2D eigenvalue weighted by atomic mass is 10.1. The molecule has 0 bridgehead atoms. The second-order valence-corrected chi connectivity index (χ2v) is 4.86. The molecule has 0 aliphatic rings. The maximum atomic E-state index is 13.6.